The van der Waals surface area contributed by atoms with Crippen LogP contribution in [0.5, 0.6) is 11.5 Å². The third-order valence-electron chi connectivity index (χ3n) is 6.22. The lowest BCUT2D eigenvalue weighted by Crippen LogP contribution is -2.37. The molecule has 2 aliphatic rings. The highest BCUT2D eigenvalue weighted by molar-refractivity contribution is 7.46. The molecular weight excluding hydrogens is 551 g/mol. The highest BCUT2D eigenvalue weighted by atomic mass is 35.5. The largest absolute Gasteiger partial charge is 0.524 e. The van der Waals surface area contributed by atoms with Gasteiger partial charge in [-0.1, -0.05) is 41.9 Å². The Morgan fingerprint density at radius 3 is 2.62 bits per heavy atom. The van der Waals surface area contributed by atoms with Gasteiger partial charge in [-0.05, 0) is 50.2 Å². The molecule has 1 fully saturated rings. The van der Waals surface area contributed by atoms with Gasteiger partial charge in [0, 0.05) is 32.0 Å². The number of ether oxygens (including phenoxy) is 1. The minimum absolute atomic E-state index is 0.0349. The van der Waals surface area contributed by atoms with E-state index < -0.39 is 31.4 Å². The average molecular weight is 585 g/mol. The summed E-state index contributed by atoms with van der Waals surface area (Å²) in [6.07, 6.45) is 10.6. The van der Waals surface area contributed by atoms with E-state index in [-0.39, 0.29) is 46.7 Å². The van der Waals surface area contributed by atoms with Crippen LogP contribution in [0.25, 0.3) is 0 Å². The highest BCUT2D eigenvalue weighted by Crippen LogP contribution is 2.45. The molecule has 0 bridgehead atoms. The number of phenols is 1. The fraction of sp³-hybridized carbons (Fsp3) is 0.500. The van der Waals surface area contributed by atoms with Crippen molar-refractivity contribution in [1.29, 1.82) is 0 Å². The number of phosphoric ester groups is 1. The maximum absolute atomic E-state index is 13.2. The number of phenolic OH excluding ortho intramolecular Hbond substituents is 1. The van der Waals surface area contributed by atoms with Gasteiger partial charge < -0.3 is 24.1 Å². The number of rotatable bonds is 5. The van der Waals surface area contributed by atoms with E-state index in [2.05, 4.69) is 5.16 Å². The molecule has 1 aromatic carbocycles. The number of oxime groups is 1. The van der Waals surface area contributed by atoms with Gasteiger partial charge in [0.15, 0.2) is 6.61 Å². The van der Waals surface area contributed by atoms with Crippen LogP contribution in [-0.2, 0) is 25.4 Å². The number of hydrogen-bond acceptors (Lipinski definition) is 8. The topological polar surface area (TPSA) is 155 Å². The summed E-state index contributed by atoms with van der Waals surface area (Å²) in [4.78, 5) is 51.7. The van der Waals surface area contributed by atoms with E-state index in [4.69, 9.17) is 25.7 Å². The van der Waals surface area contributed by atoms with Crippen LogP contribution >= 0.6 is 19.4 Å². The molecule has 39 heavy (non-hydrogen) atoms. The molecule has 0 spiro atoms. The van der Waals surface area contributed by atoms with Gasteiger partial charge in [-0.2, -0.15) is 0 Å². The molecule has 3 rings (SSSR count). The van der Waals surface area contributed by atoms with Crippen LogP contribution in [0.3, 0.4) is 0 Å². The van der Waals surface area contributed by atoms with Crippen LogP contribution in [0.15, 0.2) is 35.5 Å². The third-order valence-corrected chi connectivity index (χ3v) is 7.08. The number of carbonyl (C=O) groups excluding carboxylic acids is 2. The summed E-state index contributed by atoms with van der Waals surface area (Å²) >= 11 is 6.38. The van der Waals surface area contributed by atoms with Crippen molar-refractivity contribution in [3.8, 4) is 11.5 Å². The predicted molar refractivity (Wildman–Crippen MR) is 145 cm³/mol. The number of halogens is 1. The maximum atomic E-state index is 13.2. The van der Waals surface area contributed by atoms with Gasteiger partial charge in [-0.15, -0.1) is 0 Å². The molecule has 214 valence electrons. The fourth-order valence-corrected chi connectivity index (χ4v) is 4.88. The highest BCUT2D eigenvalue weighted by Gasteiger charge is 2.30. The van der Waals surface area contributed by atoms with Gasteiger partial charge in [0.25, 0.3) is 5.91 Å². The standard InChI is InChI=1S/C26H34ClN2O9P/c1-17-8-6-10-18(2)37-26(32)24-20(25(27)21(30)15-22(24)38-39(33,34)35)14-19(11-7-9-17)28-36-16-23(31)29-12-4-3-5-13-29/h6-8,11,15,17-18,30H,3-5,9-10,12-14,16H2,1-2H3,(H2,33,34,35)/b8-6+,11-7+,28-19+/t17-,18+/m0/s1. The quantitative estimate of drug-likeness (QED) is 0.196. The molecule has 0 unspecified atom stereocenters. The number of likely N-dealkylation sites (tertiary alicyclic amines) is 1. The number of esters is 1. The Hall–Kier alpha value is -2.85. The van der Waals surface area contributed by atoms with Crippen LogP contribution in [0, 0.1) is 5.92 Å². The second-order valence-electron chi connectivity index (χ2n) is 9.61. The molecule has 1 aromatic rings. The predicted octanol–water partition coefficient (Wildman–Crippen LogP) is 4.53. The number of aromatic hydroxyl groups is 1. The summed E-state index contributed by atoms with van der Waals surface area (Å²) in [5, 5.41) is 14.3. The Morgan fingerprint density at radius 2 is 1.92 bits per heavy atom. The number of hydrogen-bond donors (Lipinski definition) is 3. The Morgan fingerprint density at radius 1 is 1.21 bits per heavy atom. The van der Waals surface area contributed by atoms with Crippen molar-refractivity contribution in [2.24, 2.45) is 11.1 Å². The van der Waals surface area contributed by atoms with Crippen molar-refractivity contribution in [3.05, 3.63) is 46.5 Å². The first-order valence-electron chi connectivity index (χ1n) is 12.7. The third kappa shape index (κ3) is 9.39. The summed E-state index contributed by atoms with van der Waals surface area (Å²) in [5.74, 6) is -2.15. The van der Waals surface area contributed by atoms with Crippen molar-refractivity contribution in [1.82, 2.24) is 4.90 Å². The van der Waals surface area contributed by atoms with Gasteiger partial charge in [-0.3, -0.25) is 14.6 Å². The summed E-state index contributed by atoms with van der Waals surface area (Å²) < 4.78 is 21.9. The van der Waals surface area contributed by atoms with Crippen LogP contribution in [0.1, 0.15) is 61.9 Å². The number of cyclic esters (lactones) is 1. The smallest absolute Gasteiger partial charge is 0.506 e. The number of phosphoric acid groups is 1. The van der Waals surface area contributed by atoms with Crippen LogP contribution < -0.4 is 4.52 Å². The molecule has 0 aliphatic carbocycles. The number of piperidine rings is 1. The van der Waals surface area contributed by atoms with E-state index in [0.717, 1.165) is 25.3 Å². The Bertz CT molecular complexity index is 1190. The first-order valence-corrected chi connectivity index (χ1v) is 14.7. The van der Waals surface area contributed by atoms with Gasteiger partial charge in [0.2, 0.25) is 0 Å². The van der Waals surface area contributed by atoms with Crippen molar-refractivity contribution in [3.63, 3.8) is 0 Å². The van der Waals surface area contributed by atoms with Crippen molar-refractivity contribution < 1.29 is 43.1 Å². The van der Waals surface area contributed by atoms with Crippen molar-refractivity contribution >= 4 is 37.0 Å². The van der Waals surface area contributed by atoms with E-state index in [1.54, 1.807) is 17.9 Å². The van der Waals surface area contributed by atoms with Crippen LogP contribution in [-0.4, -0.2) is 63.2 Å². The molecular formula is C26H34ClN2O9P. The number of benzene rings is 1. The molecule has 13 heteroatoms. The molecule has 0 aromatic heterocycles. The SMILES string of the molecule is C[C@@H]1C/C=C/[C@H](C)C/C=C/C(=N\OCC(=O)N2CCCCC2)Cc2c(Cl)c(O)cc(OP(=O)(O)O)c2C(=O)O1. The van der Waals surface area contributed by atoms with E-state index in [1.165, 1.54) is 0 Å². The fourth-order valence-electron chi connectivity index (χ4n) is 4.26. The number of fused-ring (bicyclic) bond motifs is 1. The number of allylic oxidation sites excluding steroid dienone is 3. The zero-order chi connectivity index (χ0) is 28.6. The number of carbonyl (C=O) groups is 2. The zero-order valence-corrected chi connectivity index (χ0v) is 23.6. The minimum Gasteiger partial charge on any atom is -0.506 e. The van der Waals surface area contributed by atoms with Crippen molar-refractivity contribution in [2.45, 2.75) is 58.5 Å². The molecule has 2 aliphatic heterocycles. The minimum atomic E-state index is -5.13. The zero-order valence-electron chi connectivity index (χ0n) is 21.9. The van der Waals surface area contributed by atoms with Gasteiger partial charge >= 0.3 is 13.8 Å². The summed E-state index contributed by atoms with van der Waals surface area (Å²) in [5.41, 5.74) is -0.161. The van der Waals surface area contributed by atoms with Gasteiger partial charge in [0.1, 0.15) is 23.2 Å². The Kier molecular flexibility index (Phi) is 11.0. The lowest BCUT2D eigenvalue weighted by atomic mass is 9.98. The lowest BCUT2D eigenvalue weighted by Gasteiger charge is -2.26. The second kappa shape index (κ2) is 14.0. The lowest BCUT2D eigenvalue weighted by molar-refractivity contribution is -0.137. The van der Waals surface area contributed by atoms with E-state index in [1.807, 2.05) is 25.2 Å². The van der Waals surface area contributed by atoms with Gasteiger partial charge in [-0.25, -0.2) is 9.36 Å². The summed E-state index contributed by atoms with van der Waals surface area (Å²) in [7, 11) is -5.13. The van der Waals surface area contributed by atoms with Gasteiger partial charge in [0.05, 0.1) is 10.7 Å². The first kappa shape index (κ1) is 30.7. The van der Waals surface area contributed by atoms with E-state index in [9.17, 15) is 29.0 Å². The maximum Gasteiger partial charge on any atom is 0.524 e. The number of amides is 1. The van der Waals surface area contributed by atoms with Crippen LogP contribution in [0.2, 0.25) is 5.02 Å². The molecule has 3 N–H and O–H groups in total. The van der Waals surface area contributed by atoms with Crippen molar-refractivity contribution in [2.75, 3.05) is 19.7 Å². The normalized spacial score (nSPS) is 23.8. The van der Waals surface area contributed by atoms with Crippen LogP contribution in [0.4, 0.5) is 0 Å². The molecule has 1 amide bonds. The summed E-state index contributed by atoms with van der Waals surface area (Å²) in [6, 6.07) is 0.845. The second-order valence-corrected chi connectivity index (χ2v) is 11.2. The monoisotopic (exact) mass is 584 g/mol. The average Bonchev–Trinajstić information content (AvgIpc) is 2.85. The van der Waals surface area contributed by atoms with E-state index >= 15 is 0 Å². The molecule has 1 saturated heterocycles. The molecule has 2 atom stereocenters. The Balaban J connectivity index is 2.02. The Labute approximate surface area is 232 Å². The first-order chi connectivity index (χ1) is 18.4. The summed E-state index contributed by atoms with van der Waals surface area (Å²) in [6.45, 7) is 4.72. The molecule has 11 nitrogen and oxygen atoms in total. The molecule has 2 heterocycles. The molecule has 0 saturated carbocycles. The van der Waals surface area contributed by atoms with E-state index in [0.29, 0.717) is 25.9 Å². The molecule has 0 radical (unpaired) electrons. The number of nitrogens with zero attached hydrogens (tertiary/aromatic N) is 2.